The second-order valence-corrected chi connectivity index (χ2v) is 3.87. The molecule has 1 heterocycles. The summed E-state index contributed by atoms with van der Waals surface area (Å²) in [6.07, 6.45) is 0. The second kappa shape index (κ2) is 6.64. The Labute approximate surface area is 95.8 Å². The summed E-state index contributed by atoms with van der Waals surface area (Å²) in [5, 5.41) is 3.30. The standard InChI is InChI=1S/C11H17ClN2O/c1-9(6-12)7-13-8-10-4-3-5-11(14-10)15-2/h3-5,9,13H,6-8H2,1-2H3. The summed E-state index contributed by atoms with van der Waals surface area (Å²) in [6, 6.07) is 5.75. The highest BCUT2D eigenvalue weighted by Gasteiger charge is 2.00. The molecule has 0 aliphatic heterocycles. The molecule has 1 N–H and O–H groups in total. The average molecular weight is 229 g/mol. The van der Waals surface area contributed by atoms with Crippen LogP contribution < -0.4 is 10.1 Å². The van der Waals surface area contributed by atoms with Crippen molar-refractivity contribution >= 4 is 11.6 Å². The first-order valence-electron chi connectivity index (χ1n) is 5.03. The fraction of sp³-hybridized carbons (Fsp3) is 0.545. The van der Waals surface area contributed by atoms with Crippen LogP contribution in [0.1, 0.15) is 12.6 Å². The van der Waals surface area contributed by atoms with E-state index in [2.05, 4.69) is 17.2 Å². The number of alkyl halides is 1. The van der Waals surface area contributed by atoms with Crippen LogP contribution in [0.2, 0.25) is 0 Å². The number of pyridine rings is 1. The molecule has 0 amide bonds. The van der Waals surface area contributed by atoms with Gasteiger partial charge in [-0.25, -0.2) is 4.98 Å². The lowest BCUT2D eigenvalue weighted by Crippen LogP contribution is -2.22. The van der Waals surface area contributed by atoms with Gasteiger partial charge in [0.25, 0.3) is 0 Å². The molecule has 0 saturated carbocycles. The normalized spacial score (nSPS) is 12.5. The van der Waals surface area contributed by atoms with Gasteiger partial charge >= 0.3 is 0 Å². The van der Waals surface area contributed by atoms with Gasteiger partial charge < -0.3 is 10.1 Å². The molecule has 0 aliphatic rings. The van der Waals surface area contributed by atoms with Crippen LogP contribution in [0.25, 0.3) is 0 Å². The Morgan fingerprint density at radius 3 is 3.00 bits per heavy atom. The number of nitrogens with zero attached hydrogens (tertiary/aromatic N) is 1. The van der Waals surface area contributed by atoms with E-state index < -0.39 is 0 Å². The maximum Gasteiger partial charge on any atom is 0.213 e. The summed E-state index contributed by atoms with van der Waals surface area (Å²) in [4.78, 5) is 4.30. The Bertz CT molecular complexity index is 294. The van der Waals surface area contributed by atoms with Gasteiger partial charge in [0.05, 0.1) is 12.8 Å². The Balaban J connectivity index is 2.37. The molecule has 1 rings (SSSR count). The van der Waals surface area contributed by atoms with Crippen molar-refractivity contribution in [3.8, 4) is 5.88 Å². The number of nitrogens with one attached hydrogen (secondary N) is 1. The molecule has 0 fully saturated rings. The van der Waals surface area contributed by atoms with E-state index in [1.165, 1.54) is 0 Å². The number of rotatable bonds is 6. The lowest BCUT2D eigenvalue weighted by atomic mass is 10.2. The number of hydrogen-bond acceptors (Lipinski definition) is 3. The minimum atomic E-state index is 0.484. The lowest BCUT2D eigenvalue weighted by Gasteiger charge is -2.09. The van der Waals surface area contributed by atoms with Crippen LogP contribution in [0, 0.1) is 5.92 Å². The molecule has 1 aromatic rings. The Morgan fingerprint density at radius 1 is 1.53 bits per heavy atom. The SMILES string of the molecule is COc1cccc(CNCC(C)CCl)n1. The molecule has 0 spiro atoms. The zero-order valence-corrected chi connectivity index (χ0v) is 9.92. The van der Waals surface area contributed by atoms with E-state index in [1.54, 1.807) is 7.11 Å². The molecule has 3 nitrogen and oxygen atoms in total. The third kappa shape index (κ3) is 4.49. The van der Waals surface area contributed by atoms with Crippen molar-refractivity contribution in [3.63, 3.8) is 0 Å². The first-order chi connectivity index (χ1) is 7.26. The predicted octanol–water partition coefficient (Wildman–Crippen LogP) is 2.05. The van der Waals surface area contributed by atoms with Gasteiger partial charge in [-0.1, -0.05) is 13.0 Å². The molecular formula is C11H17ClN2O. The van der Waals surface area contributed by atoms with Crippen molar-refractivity contribution in [3.05, 3.63) is 23.9 Å². The van der Waals surface area contributed by atoms with Crippen molar-refractivity contribution in [2.24, 2.45) is 5.92 Å². The van der Waals surface area contributed by atoms with E-state index in [0.717, 1.165) is 18.8 Å². The summed E-state index contributed by atoms with van der Waals surface area (Å²) >= 11 is 5.71. The van der Waals surface area contributed by atoms with Crippen molar-refractivity contribution in [2.45, 2.75) is 13.5 Å². The second-order valence-electron chi connectivity index (χ2n) is 3.56. The van der Waals surface area contributed by atoms with Gasteiger partial charge in [-0.2, -0.15) is 0 Å². The van der Waals surface area contributed by atoms with Crippen LogP contribution in [0.3, 0.4) is 0 Å². The molecule has 1 atom stereocenters. The topological polar surface area (TPSA) is 34.1 Å². The van der Waals surface area contributed by atoms with Gasteiger partial charge in [-0.15, -0.1) is 11.6 Å². The van der Waals surface area contributed by atoms with Crippen LogP contribution in [-0.2, 0) is 6.54 Å². The van der Waals surface area contributed by atoms with Crippen molar-refractivity contribution in [1.82, 2.24) is 10.3 Å². The summed E-state index contributed by atoms with van der Waals surface area (Å²) in [5.41, 5.74) is 0.983. The van der Waals surface area contributed by atoms with Gasteiger partial charge in [0.2, 0.25) is 5.88 Å². The summed E-state index contributed by atoms with van der Waals surface area (Å²) in [7, 11) is 1.62. The minimum absolute atomic E-state index is 0.484. The monoisotopic (exact) mass is 228 g/mol. The summed E-state index contributed by atoms with van der Waals surface area (Å²) in [5.74, 6) is 1.82. The Hall–Kier alpha value is -0.800. The quantitative estimate of drug-likeness (QED) is 0.757. The van der Waals surface area contributed by atoms with Crippen LogP contribution in [0.15, 0.2) is 18.2 Å². The van der Waals surface area contributed by atoms with Crippen molar-refractivity contribution in [1.29, 1.82) is 0 Å². The molecule has 4 heteroatoms. The molecule has 0 aliphatic carbocycles. The highest BCUT2D eigenvalue weighted by atomic mass is 35.5. The summed E-state index contributed by atoms with van der Waals surface area (Å²) < 4.78 is 5.04. The van der Waals surface area contributed by atoms with E-state index in [0.29, 0.717) is 17.7 Å². The number of ether oxygens (including phenoxy) is 1. The molecular weight excluding hydrogens is 212 g/mol. The van der Waals surface area contributed by atoms with Crippen LogP contribution in [0.5, 0.6) is 5.88 Å². The van der Waals surface area contributed by atoms with Gasteiger partial charge in [0, 0.05) is 18.5 Å². The third-order valence-electron chi connectivity index (χ3n) is 2.05. The zero-order valence-electron chi connectivity index (χ0n) is 9.16. The van der Waals surface area contributed by atoms with Crippen molar-refractivity contribution in [2.75, 3.05) is 19.5 Å². The molecule has 15 heavy (non-hydrogen) atoms. The van der Waals surface area contributed by atoms with E-state index in [4.69, 9.17) is 16.3 Å². The molecule has 1 unspecified atom stereocenters. The van der Waals surface area contributed by atoms with E-state index >= 15 is 0 Å². The first-order valence-corrected chi connectivity index (χ1v) is 5.56. The highest BCUT2D eigenvalue weighted by molar-refractivity contribution is 6.18. The van der Waals surface area contributed by atoms with E-state index in [-0.39, 0.29) is 0 Å². The largest absolute Gasteiger partial charge is 0.481 e. The van der Waals surface area contributed by atoms with Crippen LogP contribution in [0.4, 0.5) is 0 Å². The Morgan fingerprint density at radius 2 is 2.33 bits per heavy atom. The van der Waals surface area contributed by atoms with Crippen LogP contribution >= 0.6 is 11.6 Å². The predicted molar refractivity (Wildman–Crippen MR) is 62.4 cm³/mol. The molecule has 0 radical (unpaired) electrons. The highest BCUT2D eigenvalue weighted by Crippen LogP contribution is 2.06. The molecule has 0 bridgehead atoms. The van der Waals surface area contributed by atoms with Gasteiger partial charge in [0.1, 0.15) is 0 Å². The fourth-order valence-electron chi connectivity index (χ4n) is 1.17. The molecule has 0 aromatic carbocycles. The lowest BCUT2D eigenvalue weighted by molar-refractivity contribution is 0.395. The van der Waals surface area contributed by atoms with Crippen molar-refractivity contribution < 1.29 is 4.74 Å². The van der Waals surface area contributed by atoms with Gasteiger partial charge in [-0.3, -0.25) is 0 Å². The van der Waals surface area contributed by atoms with E-state index in [1.807, 2.05) is 18.2 Å². The maximum atomic E-state index is 5.71. The Kier molecular flexibility index (Phi) is 5.43. The first kappa shape index (κ1) is 12.3. The number of halogens is 1. The van der Waals surface area contributed by atoms with E-state index in [9.17, 15) is 0 Å². The summed E-state index contributed by atoms with van der Waals surface area (Å²) in [6.45, 7) is 3.76. The smallest absolute Gasteiger partial charge is 0.213 e. The number of hydrogen-bond donors (Lipinski definition) is 1. The van der Waals surface area contributed by atoms with Crippen LogP contribution in [-0.4, -0.2) is 24.5 Å². The van der Waals surface area contributed by atoms with Gasteiger partial charge in [-0.05, 0) is 18.5 Å². The number of methoxy groups -OCH3 is 1. The zero-order chi connectivity index (χ0) is 11.1. The average Bonchev–Trinajstić information content (AvgIpc) is 2.29. The maximum absolute atomic E-state index is 5.71. The molecule has 1 aromatic heterocycles. The van der Waals surface area contributed by atoms with Gasteiger partial charge in [0.15, 0.2) is 0 Å². The minimum Gasteiger partial charge on any atom is -0.481 e. The molecule has 0 saturated heterocycles. The fourth-order valence-corrected chi connectivity index (χ4v) is 1.28. The number of aromatic nitrogens is 1. The molecule has 84 valence electrons. The third-order valence-corrected chi connectivity index (χ3v) is 2.58.